The molecule has 12 heteroatoms. The highest BCUT2D eigenvalue weighted by Crippen LogP contribution is 2.33. The van der Waals surface area contributed by atoms with Crippen molar-refractivity contribution in [3.63, 3.8) is 0 Å². The van der Waals surface area contributed by atoms with E-state index in [2.05, 4.69) is 50.0 Å². The van der Waals surface area contributed by atoms with Crippen LogP contribution in [-0.2, 0) is 6.18 Å². The van der Waals surface area contributed by atoms with E-state index in [1.54, 1.807) is 19.1 Å². The number of benzene rings is 3. The number of nitrogens with zero attached hydrogens (tertiary/aromatic N) is 3. The SMILES string of the molecule is Cc1ccc(NC(=O)c2cccc(C(F)(F)F)c2C)cc1C(=O)Nc1cnc(Nc2ccc(N3CC[NH+](C)CC3)cc2)nc1. The molecule has 2 amide bonds. The Kier molecular flexibility index (Phi) is 8.81. The van der Waals surface area contributed by atoms with Crippen LogP contribution in [0.15, 0.2) is 73.1 Å². The quantitative estimate of drug-likeness (QED) is 0.244. The maximum absolute atomic E-state index is 13.3. The Morgan fingerprint density at radius 1 is 0.818 bits per heavy atom. The summed E-state index contributed by atoms with van der Waals surface area (Å²) in [5, 5.41) is 8.50. The average Bonchev–Trinajstić information content (AvgIpc) is 2.99. The van der Waals surface area contributed by atoms with Gasteiger partial charge in [0.1, 0.15) is 0 Å². The van der Waals surface area contributed by atoms with Gasteiger partial charge in [0.2, 0.25) is 5.95 Å². The fourth-order valence-corrected chi connectivity index (χ4v) is 5.02. The first-order valence-corrected chi connectivity index (χ1v) is 14.1. The van der Waals surface area contributed by atoms with Gasteiger partial charge in [-0.1, -0.05) is 12.1 Å². The molecule has 5 rings (SSSR count). The fraction of sp³-hybridized carbons (Fsp3) is 0.250. The molecule has 1 aliphatic heterocycles. The van der Waals surface area contributed by atoms with Crippen LogP contribution in [0.2, 0.25) is 0 Å². The summed E-state index contributed by atoms with van der Waals surface area (Å²) >= 11 is 0. The number of quaternary nitrogens is 1. The molecule has 2 heterocycles. The summed E-state index contributed by atoms with van der Waals surface area (Å²) in [6.45, 7) is 7.25. The Morgan fingerprint density at radius 2 is 1.43 bits per heavy atom. The van der Waals surface area contributed by atoms with E-state index in [0.29, 0.717) is 17.2 Å². The molecule has 4 N–H and O–H groups in total. The Labute approximate surface area is 253 Å². The number of anilines is 5. The van der Waals surface area contributed by atoms with Crippen molar-refractivity contribution in [2.75, 3.05) is 54.1 Å². The summed E-state index contributed by atoms with van der Waals surface area (Å²) in [6.07, 6.45) is -1.62. The number of hydrogen-bond donors (Lipinski definition) is 4. The highest BCUT2D eigenvalue weighted by Gasteiger charge is 2.33. The van der Waals surface area contributed by atoms with E-state index >= 15 is 0 Å². The number of hydrogen-bond acceptors (Lipinski definition) is 6. The van der Waals surface area contributed by atoms with E-state index in [-0.39, 0.29) is 22.4 Å². The summed E-state index contributed by atoms with van der Waals surface area (Å²) in [4.78, 5) is 38.4. The zero-order chi connectivity index (χ0) is 31.4. The third-order valence-electron chi connectivity index (χ3n) is 7.64. The maximum Gasteiger partial charge on any atom is 0.416 e. The molecule has 1 aliphatic rings. The van der Waals surface area contributed by atoms with Crippen molar-refractivity contribution in [1.29, 1.82) is 0 Å². The van der Waals surface area contributed by atoms with Crippen LogP contribution >= 0.6 is 0 Å². The number of carbonyl (C=O) groups is 2. The Bertz CT molecular complexity index is 1650. The zero-order valence-corrected chi connectivity index (χ0v) is 24.5. The van der Waals surface area contributed by atoms with E-state index in [0.717, 1.165) is 37.9 Å². The summed E-state index contributed by atoms with van der Waals surface area (Å²) in [6, 6.07) is 16.2. The minimum atomic E-state index is -4.58. The van der Waals surface area contributed by atoms with Gasteiger partial charge in [0.15, 0.2) is 0 Å². The van der Waals surface area contributed by atoms with Crippen molar-refractivity contribution in [2.24, 2.45) is 0 Å². The predicted octanol–water partition coefficient (Wildman–Crippen LogP) is 4.70. The number of alkyl halides is 3. The second-order valence-corrected chi connectivity index (χ2v) is 10.8. The number of aromatic nitrogens is 2. The van der Waals surface area contributed by atoms with Crippen molar-refractivity contribution in [3.8, 4) is 0 Å². The summed E-state index contributed by atoms with van der Waals surface area (Å²) < 4.78 is 39.9. The normalized spacial score (nSPS) is 13.8. The van der Waals surface area contributed by atoms with Gasteiger partial charge < -0.3 is 25.8 Å². The number of rotatable bonds is 7. The molecule has 0 bridgehead atoms. The topological polar surface area (TPSA) is 104 Å². The molecule has 0 atom stereocenters. The van der Waals surface area contributed by atoms with Crippen molar-refractivity contribution in [1.82, 2.24) is 9.97 Å². The third-order valence-corrected chi connectivity index (χ3v) is 7.64. The molecule has 0 saturated carbocycles. The van der Waals surface area contributed by atoms with E-state index in [9.17, 15) is 22.8 Å². The molecule has 1 aromatic heterocycles. The minimum Gasteiger partial charge on any atom is -0.360 e. The monoisotopic (exact) mass is 604 g/mol. The number of likely N-dealkylation sites (N-methyl/N-ethyl adjacent to an activating group) is 1. The average molecular weight is 605 g/mol. The fourth-order valence-electron chi connectivity index (χ4n) is 5.02. The molecule has 1 saturated heterocycles. The van der Waals surface area contributed by atoms with Crippen LogP contribution in [0.1, 0.15) is 37.4 Å². The molecule has 0 spiro atoms. The number of aryl methyl sites for hydroxylation is 1. The van der Waals surface area contributed by atoms with Gasteiger partial charge >= 0.3 is 6.18 Å². The standard InChI is InChI=1S/C32H32F3N7O2/c1-20-7-8-23(38-29(43)26-5-4-6-28(21(26)2)32(33,34)35)17-27(20)30(44)39-24-18-36-31(37-19-24)40-22-9-11-25(12-10-22)42-15-13-41(3)14-16-42/h4-12,17-19H,13-16H2,1-3H3,(H,38,43)(H,39,44)(H,36,37,40)/p+1. The molecule has 9 nitrogen and oxygen atoms in total. The zero-order valence-electron chi connectivity index (χ0n) is 24.5. The molecule has 1 fully saturated rings. The van der Waals surface area contributed by atoms with Gasteiger partial charge in [0.25, 0.3) is 11.8 Å². The van der Waals surface area contributed by atoms with E-state index in [4.69, 9.17) is 0 Å². The molecular formula is C32H33F3N7O2+. The van der Waals surface area contributed by atoms with Crippen LogP contribution in [0.25, 0.3) is 0 Å². The summed E-state index contributed by atoms with van der Waals surface area (Å²) in [5.74, 6) is -0.806. The van der Waals surface area contributed by atoms with E-state index in [1.165, 1.54) is 48.1 Å². The molecule has 44 heavy (non-hydrogen) atoms. The van der Waals surface area contributed by atoms with Crippen LogP contribution in [0.5, 0.6) is 0 Å². The number of nitrogens with one attached hydrogen (secondary N) is 4. The van der Waals surface area contributed by atoms with Crippen LogP contribution in [0.3, 0.4) is 0 Å². The van der Waals surface area contributed by atoms with Gasteiger partial charge in [-0.25, -0.2) is 9.97 Å². The van der Waals surface area contributed by atoms with Crippen molar-refractivity contribution >= 4 is 40.5 Å². The third kappa shape index (κ3) is 7.14. The number of piperazine rings is 1. The lowest BCUT2D eigenvalue weighted by atomic mass is 10.0. The number of carbonyl (C=O) groups excluding carboxylic acids is 2. The first-order valence-electron chi connectivity index (χ1n) is 14.1. The number of amides is 2. The smallest absolute Gasteiger partial charge is 0.360 e. The van der Waals surface area contributed by atoms with Crippen LogP contribution in [0, 0.1) is 13.8 Å². The molecule has 0 radical (unpaired) electrons. The van der Waals surface area contributed by atoms with E-state index in [1.807, 2.05) is 12.1 Å². The van der Waals surface area contributed by atoms with Gasteiger partial charge in [-0.15, -0.1) is 0 Å². The maximum atomic E-state index is 13.3. The van der Waals surface area contributed by atoms with Gasteiger partial charge in [0, 0.05) is 28.2 Å². The second-order valence-electron chi connectivity index (χ2n) is 10.8. The van der Waals surface area contributed by atoms with Crippen molar-refractivity contribution < 1.29 is 27.7 Å². The summed E-state index contributed by atoms with van der Waals surface area (Å²) in [5.41, 5.74) is 2.38. The molecule has 228 valence electrons. The molecule has 4 aromatic rings. The highest BCUT2D eigenvalue weighted by molar-refractivity contribution is 6.08. The Balaban J connectivity index is 1.21. The van der Waals surface area contributed by atoms with Crippen molar-refractivity contribution in [2.45, 2.75) is 20.0 Å². The van der Waals surface area contributed by atoms with Crippen LogP contribution in [-0.4, -0.2) is 55.0 Å². The van der Waals surface area contributed by atoms with Gasteiger partial charge in [-0.05, 0) is 73.5 Å². The minimum absolute atomic E-state index is 0.107. The van der Waals surface area contributed by atoms with Crippen molar-refractivity contribution in [3.05, 3.63) is 101 Å². The predicted molar refractivity (Wildman–Crippen MR) is 164 cm³/mol. The first kappa shape index (κ1) is 30.5. The van der Waals surface area contributed by atoms with Gasteiger partial charge in [0.05, 0.1) is 56.9 Å². The number of halogens is 3. The summed E-state index contributed by atoms with van der Waals surface area (Å²) in [7, 11) is 2.21. The molecule has 3 aromatic carbocycles. The highest BCUT2D eigenvalue weighted by atomic mass is 19.4. The Hall–Kier alpha value is -4.97. The lowest BCUT2D eigenvalue weighted by Gasteiger charge is -2.31. The largest absolute Gasteiger partial charge is 0.416 e. The molecule has 0 unspecified atom stereocenters. The lowest BCUT2D eigenvalue weighted by Crippen LogP contribution is -3.12. The van der Waals surface area contributed by atoms with Gasteiger partial charge in [-0.2, -0.15) is 13.2 Å². The van der Waals surface area contributed by atoms with Crippen LogP contribution in [0.4, 0.5) is 41.9 Å². The molecule has 0 aliphatic carbocycles. The van der Waals surface area contributed by atoms with Gasteiger partial charge in [-0.3, -0.25) is 9.59 Å². The second kappa shape index (κ2) is 12.7. The molecular weight excluding hydrogens is 571 g/mol. The van der Waals surface area contributed by atoms with E-state index < -0.39 is 23.6 Å². The Morgan fingerprint density at radius 3 is 2.09 bits per heavy atom. The lowest BCUT2D eigenvalue weighted by molar-refractivity contribution is -0.880. The first-order chi connectivity index (χ1) is 21.0. The van der Waals surface area contributed by atoms with Crippen LogP contribution < -0.4 is 25.8 Å².